The third-order valence-corrected chi connectivity index (χ3v) is 3.48. The number of aryl methyl sites for hydroxylation is 1. The average molecular weight is 339 g/mol. The van der Waals surface area contributed by atoms with Crippen molar-refractivity contribution in [2.24, 2.45) is 0 Å². The molecule has 0 saturated heterocycles. The van der Waals surface area contributed by atoms with E-state index in [1.54, 1.807) is 18.2 Å². The largest absolute Gasteiger partial charge is 0.326 e. The molecule has 0 saturated carbocycles. The smallest absolute Gasteiger partial charge is 0.255 e. The molecule has 0 aliphatic heterocycles. The van der Waals surface area contributed by atoms with Gasteiger partial charge >= 0.3 is 0 Å². The van der Waals surface area contributed by atoms with Gasteiger partial charge in [-0.2, -0.15) is 0 Å². The maximum atomic E-state index is 12.6. The molecule has 3 N–H and O–H groups in total. The summed E-state index contributed by atoms with van der Waals surface area (Å²) in [6.07, 6.45) is 0.791. The summed E-state index contributed by atoms with van der Waals surface area (Å²) in [5, 5.41) is 8.13. The molecule has 0 aliphatic rings. The number of carbonyl (C=O) groups is 3. The molecule has 2 aromatic rings. The molecule has 2 rings (SSSR count). The number of carbonyl (C=O) groups excluding carboxylic acids is 3. The van der Waals surface area contributed by atoms with Crippen LogP contribution in [-0.2, 0) is 16.0 Å². The molecule has 0 aromatic heterocycles. The normalized spacial score (nSPS) is 10.0. The molecule has 0 unspecified atom stereocenters. The van der Waals surface area contributed by atoms with Crippen molar-refractivity contribution in [3.8, 4) is 0 Å². The summed E-state index contributed by atoms with van der Waals surface area (Å²) < 4.78 is 0. The summed E-state index contributed by atoms with van der Waals surface area (Å²) in [6, 6.07) is 12.3. The first-order chi connectivity index (χ1) is 11.9. The molecule has 0 atom stereocenters. The lowest BCUT2D eigenvalue weighted by Gasteiger charge is -2.13. The fraction of sp³-hybridized carbons (Fsp3) is 0.211. The molecule has 6 heteroatoms. The number of hydrogen-bond donors (Lipinski definition) is 3. The quantitative estimate of drug-likeness (QED) is 0.780. The van der Waals surface area contributed by atoms with Gasteiger partial charge in [-0.05, 0) is 36.2 Å². The lowest BCUT2D eigenvalue weighted by molar-refractivity contribution is -0.115. The van der Waals surface area contributed by atoms with Crippen molar-refractivity contribution >= 4 is 34.8 Å². The predicted molar refractivity (Wildman–Crippen MR) is 98.8 cm³/mol. The molecule has 0 aliphatic carbocycles. The molecule has 0 spiro atoms. The van der Waals surface area contributed by atoms with E-state index < -0.39 is 0 Å². The highest BCUT2D eigenvalue weighted by Gasteiger charge is 2.12. The van der Waals surface area contributed by atoms with Crippen molar-refractivity contribution in [2.45, 2.75) is 27.2 Å². The maximum absolute atomic E-state index is 12.6. The molecule has 0 fully saturated rings. The Labute approximate surface area is 146 Å². The number of anilines is 3. The summed E-state index contributed by atoms with van der Waals surface area (Å²) in [4.78, 5) is 35.2. The van der Waals surface area contributed by atoms with Gasteiger partial charge in [-0.3, -0.25) is 14.4 Å². The topological polar surface area (TPSA) is 87.3 Å². The average Bonchev–Trinajstić information content (AvgIpc) is 2.53. The third kappa shape index (κ3) is 5.17. The number of benzene rings is 2. The molecular formula is C19H21N3O3. The van der Waals surface area contributed by atoms with Crippen LogP contribution in [0.5, 0.6) is 0 Å². The van der Waals surface area contributed by atoms with E-state index in [-0.39, 0.29) is 17.7 Å². The van der Waals surface area contributed by atoms with E-state index in [2.05, 4.69) is 16.0 Å². The molecule has 0 heterocycles. The number of para-hydroxylation sites is 1. The number of rotatable bonds is 5. The van der Waals surface area contributed by atoms with Crippen LogP contribution in [0.15, 0.2) is 42.5 Å². The van der Waals surface area contributed by atoms with Crippen molar-refractivity contribution in [2.75, 3.05) is 16.0 Å². The summed E-state index contributed by atoms with van der Waals surface area (Å²) in [6.45, 7) is 4.77. The van der Waals surface area contributed by atoms with E-state index >= 15 is 0 Å². The second-order valence-corrected chi connectivity index (χ2v) is 5.63. The highest BCUT2D eigenvalue weighted by atomic mass is 16.2. The SMILES string of the molecule is CCc1ccccc1NC(=O)c1cc(NC(C)=O)cc(NC(C)=O)c1. The maximum Gasteiger partial charge on any atom is 0.255 e. The molecule has 0 bridgehead atoms. The molecule has 25 heavy (non-hydrogen) atoms. The Morgan fingerprint density at radius 3 is 1.92 bits per heavy atom. The van der Waals surface area contributed by atoms with Crippen LogP contribution >= 0.6 is 0 Å². The number of hydrogen-bond acceptors (Lipinski definition) is 3. The van der Waals surface area contributed by atoms with Gasteiger partial charge in [0.1, 0.15) is 0 Å². The molecule has 3 amide bonds. The molecule has 6 nitrogen and oxygen atoms in total. The minimum atomic E-state index is -0.320. The summed E-state index contributed by atoms with van der Waals surface area (Å²) in [7, 11) is 0. The lowest BCUT2D eigenvalue weighted by atomic mass is 10.1. The zero-order chi connectivity index (χ0) is 18.4. The minimum Gasteiger partial charge on any atom is -0.326 e. The zero-order valence-electron chi connectivity index (χ0n) is 14.5. The van der Waals surface area contributed by atoms with Gasteiger partial charge in [0.15, 0.2) is 0 Å². The summed E-state index contributed by atoms with van der Waals surface area (Å²) in [5.74, 6) is -0.843. The number of amides is 3. The van der Waals surface area contributed by atoms with E-state index in [0.717, 1.165) is 17.7 Å². The van der Waals surface area contributed by atoms with Crippen LogP contribution in [0, 0.1) is 0 Å². The van der Waals surface area contributed by atoms with Crippen LogP contribution in [-0.4, -0.2) is 17.7 Å². The Balaban J connectivity index is 2.33. The Morgan fingerprint density at radius 1 is 0.840 bits per heavy atom. The Hall–Kier alpha value is -3.15. The number of nitrogens with one attached hydrogen (secondary N) is 3. The van der Waals surface area contributed by atoms with E-state index in [1.165, 1.54) is 13.8 Å². The standard InChI is InChI=1S/C19H21N3O3/c1-4-14-7-5-6-8-18(14)22-19(25)15-9-16(20-12(2)23)11-17(10-15)21-13(3)24/h5-11H,4H2,1-3H3,(H,20,23)(H,21,24)(H,22,25). The first kappa shape index (κ1) is 18.2. The first-order valence-corrected chi connectivity index (χ1v) is 7.98. The Morgan fingerprint density at radius 2 is 1.40 bits per heavy atom. The molecule has 2 aromatic carbocycles. The third-order valence-electron chi connectivity index (χ3n) is 3.48. The predicted octanol–water partition coefficient (Wildman–Crippen LogP) is 3.42. The minimum absolute atomic E-state index is 0.261. The second kappa shape index (κ2) is 8.10. The first-order valence-electron chi connectivity index (χ1n) is 7.98. The van der Waals surface area contributed by atoms with Crippen LogP contribution in [0.25, 0.3) is 0 Å². The van der Waals surface area contributed by atoms with Crippen LogP contribution in [0.1, 0.15) is 36.7 Å². The lowest BCUT2D eigenvalue weighted by Crippen LogP contribution is -2.15. The van der Waals surface area contributed by atoms with Crippen molar-refractivity contribution in [1.82, 2.24) is 0 Å². The van der Waals surface area contributed by atoms with Gasteiger partial charge in [0.25, 0.3) is 5.91 Å². The van der Waals surface area contributed by atoms with Crippen molar-refractivity contribution in [3.63, 3.8) is 0 Å². The zero-order valence-corrected chi connectivity index (χ0v) is 14.5. The van der Waals surface area contributed by atoms with E-state index in [9.17, 15) is 14.4 Å². The highest BCUT2D eigenvalue weighted by Crippen LogP contribution is 2.22. The van der Waals surface area contributed by atoms with E-state index in [0.29, 0.717) is 16.9 Å². The van der Waals surface area contributed by atoms with Crippen molar-refractivity contribution < 1.29 is 14.4 Å². The van der Waals surface area contributed by atoms with E-state index in [4.69, 9.17) is 0 Å². The molecule has 130 valence electrons. The van der Waals surface area contributed by atoms with Crippen LogP contribution in [0.3, 0.4) is 0 Å². The van der Waals surface area contributed by atoms with Gasteiger partial charge in [-0.1, -0.05) is 25.1 Å². The monoisotopic (exact) mass is 339 g/mol. The van der Waals surface area contributed by atoms with Crippen LogP contribution in [0.2, 0.25) is 0 Å². The van der Waals surface area contributed by atoms with Crippen molar-refractivity contribution in [1.29, 1.82) is 0 Å². The summed E-state index contributed by atoms with van der Waals surface area (Å²) in [5.41, 5.74) is 2.97. The van der Waals surface area contributed by atoms with Gasteiger partial charge in [0, 0.05) is 36.5 Å². The van der Waals surface area contributed by atoms with E-state index in [1.807, 2.05) is 31.2 Å². The second-order valence-electron chi connectivity index (χ2n) is 5.63. The van der Waals surface area contributed by atoms with Gasteiger partial charge in [0.05, 0.1) is 0 Å². The molecule has 0 radical (unpaired) electrons. The molecular weight excluding hydrogens is 318 g/mol. The van der Waals surface area contributed by atoms with Gasteiger partial charge < -0.3 is 16.0 Å². The van der Waals surface area contributed by atoms with Gasteiger partial charge in [-0.25, -0.2) is 0 Å². The highest BCUT2D eigenvalue weighted by molar-refractivity contribution is 6.07. The fourth-order valence-corrected chi connectivity index (χ4v) is 2.45. The van der Waals surface area contributed by atoms with Crippen LogP contribution < -0.4 is 16.0 Å². The van der Waals surface area contributed by atoms with Crippen molar-refractivity contribution in [3.05, 3.63) is 53.6 Å². The summed E-state index contributed by atoms with van der Waals surface area (Å²) >= 11 is 0. The van der Waals surface area contributed by atoms with Gasteiger partial charge in [-0.15, -0.1) is 0 Å². The van der Waals surface area contributed by atoms with Crippen LogP contribution in [0.4, 0.5) is 17.1 Å². The Bertz CT molecular complexity index is 781. The fourth-order valence-electron chi connectivity index (χ4n) is 2.45. The Kier molecular flexibility index (Phi) is 5.89. The van der Waals surface area contributed by atoms with Gasteiger partial charge in [0.2, 0.25) is 11.8 Å².